The van der Waals surface area contributed by atoms with Crippen LogP contribution in [-0.4, -0.2) is 49.5 Å². The molecule has 0 aliphatic rings. The fourth-order valence-electron chi connectivity index (χ4n) is 0.347. The molecule has 0 aromatic heterocycles. The number of aliphatic carboxylic acids is 2. The molecule has 82 valence electrons. The number of methoxy groups -OCH3 is 1. The predicted octanol–water partition coefficient (Wildman–Crippen LogP) is -0.436. The van der Waals surface area contributed by atoms with Crippen LogP contribution in [0.3, 0.4) is 0 Å². The van der Waals surface area contributed by atoms with E-state index in [9.17, 15) is 9.59 Å². The summed E-state index contributed by atoms with van der Waals surface area (Å²) in [7, 11) is 3.59. The molecule has 0 saturated carbocycles. The number of ether oxygens (including phenoxy) is 1. The molecule has 0 spiro atoms. The Balaban J connectivity index is 0. The minimum Gasteiger partial charge on any atom is -0.478 e. The first-order valence-corrected chi connectivity index (χ1v) is 3.82. The van der Waals surface area contributed by atoms with Crippen LogP contribution in [0.2, 0.25) is 0 Å². The van der Waals surface area contributed by atoms with Crippen LogP contribution in [0.5, 0.6) is 0 Å². The number of hydrogen-bond donors (Lipinski definition) is 3. The van der Waals surface area contributed by atoms with Crippen molar-refractivity contribution in [3.8, 4) is 0 Å². The Morgan fingerprint density at radius 3 is 1.86 bits per heavy atom. The third-order valence-electron chi connectivity index (χ3n) is 0.925. The van der Waals surface area contributed by atoms with Crippen molar-refractivity contribution >= 4 is 11.9 Å². The summed E-state index contributed by atoms with van der Waals surface area (Å²) < 4.78 is 4.72. The largest absolute Gasteiger partial charge is 0.478 e. The van der Waals surface area contributed by atoms with Gasteiger partial charge >= 0.3 is 11.9 Å². The van der Waals surface area contributed by atoms with Gasteiger partial charge in [0.15, 0.2) is 0 Å². The summed E-state index contributed by atoms with van der Waals surface area (Å²) in [5, 5.41) is 18.6. The summed E-state index contributed by atoms with van der Waals surface area (Å²) in [6.45, 7) is 1.74. The van der Waals surface area contributed by atoms with Crippen molar-refractivity contribution in [2.24, 2.45) is 0 Å². The average molecular weight is 205 g/mol. The smallest absolute Gasteiger partial charge is 0.328 e. The third-order valence-corrected chi connectivity index (χ3v) is 0.925. The molecule has 14 heavy (non-hydrogen) atoms. The van der Waals surface area contributed by atoms with Gasteiger partial charge in [0, 0.05) is 25.8 Å². The third kappa shape index (κ3) is 22.4. The van der Waals surface area contributed by atoms with E-state index < -0.39 is 11.9 Å². The minimum absolute atomic E-state index is 0.558. The predicted molar refractivity (Wildman–Crippen MR) is 50.2 cm³/mol. The molecule has 0 aromatic rings. The van der Waals surface area contributed by atoms with Crippen molar-refractivity contribution < 1.29 is 24.5 Å². The first-order valence-electron chi connectivity index (χ1n) is 3.82. The molecule has 0 aromatic carbocycles. The molecule has 0 saturated heterocycles. The number of nitrogens with one attached hydrogen (secondary N) is 1. The quantitative estimate of drug-likeness (QED) is 0.416. The van der Waals surface area contributed by atoms with Crippen molar-refractivity contribution in [3.05, 3.63) is 12.2 Å². The molecule has 6 heteroatoms. The van der Waals surface area contributed by atoms with E-state index >= 15 is 0 Å². The lowest BCUT2D eigenvalue weighted by molar-refractivity contribution is -0.134. The fraction of sp³-hybridized carbons (Fsp3) is 0.500. The molecule has 0 bridgehead atoms. The fourth-order valence-corrected chi connectivity index (χ4v) is 0.347. The maximum absolute atomic E-state index is 9.55. The lowest BCUT2D eigenvalue weighted by Gasteiger charge is -1.92. The van der Waals surface area contributed by atoms with Gasteiger partial charge in [0.1, 0.15) is 0 Å². The number of rotatable bonds is 5. The maximum atomic E-state index is 9.55. The zero-order valence-electron chi connectivity index (χ0n) is 8.19. The van der Waals surface area contributed by atoms with Crippen LogP contribution >= 0.6 is 0 Å². The van der Waals surface area contributed by atoms with Crippen LogP contribution in [0.1, 0.15) is 0 Å². The highest BCUT2D eigenvalue weighted by molar-refractivity contribution is 5.89. The Bertz CT molecular complexity index is 170. The maximum Gasteiger partial charge on any atom is 0.328 e. The molecule has 0 heterocycles. The second-order valence-electron chi connectivity index (χ2n) is 2.11. The molecular weight excluding hydrogens is 190 g/mol. The Kier molecular flexibility index (Phi) is 12.5. The summed E-state index contributed by atoms with van der Waals surface area (Å²) in [5.41, 5.74) is 0. The van der Waals surface area contributed by atoms with Crippen LogP contribution in [0.15, 0.2) is 12.2 Å². The lowest BCUT2D eigenvalue weighted by Crippen LogP contribution is -2.12. The number of hydrogen-bond acceptors (Lipinski definition) is 4. The normalized spacial score (nSPS) is 9.29. The van der Waals surface area contributed by atoms with E-state index in [4.69, 9.17) is 14.9 Å². The van der Waals surface area contributed by atoms with E-state index in [1.165, 1.54) is 0 Å². The van der Waals surface area contributed by atoms with Gasteiger partial charge in [-0.05, 0) is 7.05 Å². The van der Waals surface area contributed by atoms with Gasteiger partial charge < -0.3 is 20.3 Å². The number of likely N-dealkylation sites (N-methyl/N-ethyl adjacent to an activating group) is 1. The van der Waals surface area contributed by atoms with Gasteiger partial charge in [-0.25, -0.2) is 9.59 Å². The molecule has 0 radical (unpaired) electrons. The standard InChI is InChI=1S/C4H11NO.C4H4O4/c1-5-3-4-6-2;5-3(6)1-2-4(7)8/h5H,3-4H2,1-2H3;1-2H,(H,5,6)(H,7,8)/b;2-1-. The minimum atomic E-state index is -1.26. The Labute approximate surface area is 82.2 Å². The number of carboxylic acids is 2. The second-order valence-corrected chi connectivity index (χ2v) is 2.11. The van der Waals surface area contributed by atoms with Gasteiger partial charge in [-0.2, -0.15) is 0 Å². The van der Waals surface area contributed by atoms with Gasteiger partial charge in [0.05, 0.1) is 6.61 Å². The highest BCUT2D eigenvalue weighted by Crippen LogP contribution is 1.70. The van der Waals surface area contributed by atoms with Crippen molar-refractivity contribution in [2.45, 2.75) is 0 Å². The van der Waals surface area contributed by atoms with E-state index in [2.05, 4.69) is 5.32 Å². The van der Waals surface area contributed by atoms with E-state index in [0.29, 0.717) is 12.2 Å². The van der Waals surface area contributed by atoms with E-state index in [1.807, 2.05) is 7.05 Å². The van der Waals surface area contributed by atoms with Crippen LogP contribution in [0.4, 0.5) is 0 Å². The molecular formula is C8H15NO5. The topological polar surface area (TPSA) is 95.9 Å². The van der Waals surface area contributed by atoms with E-state index in [1.54, 1.807) is 7.11 Å². The lowest BCUT2D eigenvalue weighted by atomic mass is 10.5. The SMILES string of the molecule is CNCCOC.O=C(O)/C=C\C(=O)O. The van der Waals surface area contributed by atoms with Gasteiger partial charge in [0.25, 0.3) is 0 Å². The van der Waals surface area contributed by atoms with Crippen molar-refractivity contribution in [3.63, 3.8) is 0 Å². The zero-order chi connectivity index (χ0) is 11.4. The van der Waals surface area contributed by atoms with Gasteiger partial charge in [0.2, 0.25) is 0 Å². The molecule has 0 rings (SSSR count). The molecule has 0 unspecified atom stereocenters. The molecule has 3 N–H and O–H groups in total. The summed E-state index contributed by atoms with van der Waals surface area (Å²) >= 11 is 0. The highest BCUT2D eigenvalue weighted by Gasteiger charge is 1.88. The van der Waals surface area contributed by atoms with Crippen molar-refractivity contribution in [1.29, 1.82) is 0 Å². The van der Waals surface area contributed by atoms with Crippen molar-refractivity contribution in [1.82, 2.24) is 5.32 Å². The highest BCUT2D eigenvalue weighted by atomic mass is 16.5. The summed E-state index contributed by atoms with van der Waals surface area (Å²) in [5.74, 6) is -2.51. The van der Waals surface area contributed by atoms with Gasteiger partial charge in [-0.1, -0.05) is 0 Å². The van der Waals surface area contributed by atoms with Crippen molar-refractivity contribution in [2.75, 3.05) is 27.3 Å². The molecule has 6 nitrogen and oxygen atoms in total. The Hall–Kier alpha value is -1.40. The van der Waals surface area contributed by atoms with Crippen LogP contribution < -0.4 is 5.32 Å². The molecule has 0 aliphatic heterocycles. The summed E-state index contributed by atoms with van der Waals surface area (Å²) in [6.07, 6.45) is 1.12. The zero-order valence-corrected chi connectivity index (χ0v) is 8.19. The first-order chi connectivity index (χ1) is 6.54. The summed E-state index contributed by atoms with van der Waals surface area (Å²) in [6, 6.07) is 0. The van der Waals surface area contributed by atoms with E-state index in [0.717, 1.165) is 13.2 Å². The summed E-state index contributed by atoms with van der Waals surface area (Å²) in [4.78, 5) is 19.1. The van der Waals surface area contributed by atoms with Crippen LogP contribution in [0.25, 0.3) is 0 Å². The molecule has 0 atom stereocenters. The molecule has 0 aliphatic carbocycles. The average Bonchev–Trinajstić information content (AvgIpc) is 2.12. The Morgan fingerprint density at radius 1 is 1.29 bits per heavy atom. The Morgan fingerprint density at radius 2 is 1.71 bits per heavy atom. The molecule has 0 amide bonds. The van der Waals surface area contributed by atoms with Crippen LogP contribution in [0, 0.1) is 0 Å². The van der Waals surface area contributed by atoms with Gasteiger partial charge in [-0.3, -0.25) is 0 Å². The first kappa shape index (κ1) is 15.1. The van der Waals surface area contributed by atoms with Gasteiger partial charge in [-0.15, -0.1) is 0 Å². The molecule has 0 fully saturated rings. The monoisotopic (exact) mass is 205 g/mol. The van der Waals surface area contributed by atoms with E-state index in [-0.39, 0.29) is 0 Å². The number of carboxylic acid groups (broad SMARTS) is 2. The number of carbonyl (C=O) groups is 2. The van der Waals surface area contributed by atoms with Crippen LogP contribution in [-0.2, 0) is 14.3 Å². The second kappa shape index (κ2) is 11.6.